The standard InChI is InChI=1S/C25H19Cl2N7O2/c1-13-21-18(14-3-6-17(7-4-14)36-10-15-2-5-16(26)8-19(15)27)9-20(35)32-24(21)34(33-13)25-22-23(29-11-28-22)30-12-31-25/h2-8,11-12,18H,9-10H2,1H3,(H,32,35)(H,28,29,30,31). The molecule has 0 radical (unpaired) electrons. The van der Waals surface area contributed by atoms with Gasteiger partial charge in [-0.25, -0.2) is 15.0 Å². The predicted octanol–water partition coefficient (Wildman–Crippen LogP) is 5.21. The van der Waals surface area contributed by atoms with E-state index in [9.17, 15) is 4.79 Å². The third kappa shape index (κ3) is 3.96. The number of aromatic nitrogens is 6. The van der Waals surface area contributed by atoms with E-state index in [0.717, 1.165) is 22.4 Å². The molecular weight excluding hydrogens is 501 g/mol. The number of aromatic amines is 1. The maximum atomic E-state index is 12.7. The third-order valence-electron chi connectivity index (χ3n) is 6.20. The number of carbonyl (C=O) groups is 1. The highest BCUT2D eigenvalue weighted by molar-refractivity contribution is 6.35. The maximum Gasteiger partial charge on any atom is 0.226 e. The number of aryl methyl sites for hydroxylation is 1. The van der Waals surface area contributed by atoms with Gasteiger partial charge in [-0.15, -0.1) is 0 Å². The highest BCUT2D eigenvalue weighted by Crippen LogP contribution is 2.40. The van der Waals surface area contributed by atoms with Crippen molar-refractivity contribution in [2.75, 3.05) is 5.32 Å². The summed E-state index contributed by atoms with van der Waals surface area (Å²) < 4.78 is 7.56. The number of nitrogens with zero attached hydrogens (tertiary/aromatic N) is 5. The van der Waals surface area contributed by atoms with Crippen LogP contribution in [0.2, 0.25) is 10.0 Å². The quantitative estimate of drug-likeness (QED) is 0.329. The number of H-pyrrole nitrogens is 1. The van der Waals surface area contributed by atoms with Crippen LogP contribution in [-0.2, 0) is 11.4 Å². The molecule has 0 saturated carbocycles. The van der Waals surface area contributed by atoms with E-state index in [1.165, 1.54) is 6.33 Å². The fourth-order valence-corrected chi connectivity index (χ4v) is 4.96. The average molecular weight is 520 g/mol. The van der Waals surface area contributed by atoms with Crippen molar-refractivity contribution in [1.29, 1.82) is 0 Å². The van der Waals surface area contributed by atoms with Crippen molar-refractivity contribution < 1.29 is 9.53 Å². The molecule has 1 aliphatic rings. The number of rotatable bonds is 5. The number of amides is 1. The Morgan fingerprint density at radius 2 is 1.94 bits per heavy atom. The fraction of sp³-hybridized carbons (Fsp3) is 0.160. The van der Waals surface area contributed by atoms with Crippen molar-refractivity contribution in [3.8, 4) is 11.6 Å². The van der Waals surface area contributed by atoms with Gasteiger partial charge in [0.25, 0.3) is 0 Å². The van der Waals surface area contributed by atoms with Gasteiger partial charge in [0.15, 0.2) is 11.5 Å². The highest BCUT2D eigenvalue weighted by Gasteiger charge is 2.33. The second-order valence-corrected chi connectivity index (χ2v) is 9.30. The van der Waals surface area contributed by atoms with Crippen LogP contribution in [0.4, 0.5) is 5.82 Å². The molecule has 1 amide bonds. The predicted molar refractivity (Wildman–Crippen MR) is 136 cm³/mol. The Kier molecular flexibility index (Phi) is 5.58. The summed E-state index contributed by atoms with van der Waals surface area (Å²) in [7, 11) is 0. The molecule has 0 spiro atoms. The molecule has 2 N–H and O–H groups in total. The summed E-state index contributed by atoms with van der Waals surface area (Å²) in [6, 6.07) is 13.0. The summed E-state index contributed by atoms with van der Waals surface area (Å²) >= 11 is 12.2. The van der Waals surface area contributed by atoms with Gasteiger partial charge in [-0.05, 0) is 36.8 Å². The van der Waals surface area contributed by atoms with E-state index in [4.69, 9.17) is 33.0 Å². The molecule has 3 aromatic heterocycles. The van der Waals surface area contributed by atoms with Crippen LogP contribution in [-0.4, -0.2) is 35.6 Å². The van der Waals surface area contributed by atoms with E-state index in [0.29, 0.717) is 51.6 Å². The topological polar surface area (TPSA) is 111 Å². The SMILES string of the molecule is Cc1nn(-c2ncnc3nc[nH]c23)c2c1C(c1ccc(OCc3ccc(Cl)cc3Cl)cc1)CC(=O)N2. The van der Waals surface area contributed by atoms with Gasteiger partial charge < -0.3 is 15.0 Å². The van der Waals surface area contributed by atoms with E-state index < -0.39 is 0 Å². The summed E-state index contributed by atoms with van der Waals surface area (Å²) in [5.74, 6) is 1.55. The number of halogens is 2. The molecule has 1 unspecified atom stereocenters. The first kappa shape index (κ1) is 22.5. The summed E-state index contributed by atoms with van der Waals surface area (Å²) in [5, 5.41) is 8.84. The van der Waals surface area contributed by atoms with Crippen LogP contribution in [0.5, 0.6) is 5.75 Å². The van der Waals surface area contributed by atoms with Crippen LogP contribution in [0, 0.1) is 6.92 Å². The summed E-state index contributed by atoms with van der Waals surface area (Å²) in [6.45, 7) is 2.25. The Labute approximate surface area is 215 Å². The van der Waals surface area contributed by atoms with E-state index in [1.54, 1.807) is 23.1 Å². The van der Waals surface area contributed by atoms with Crippen LogP contribution in [0.1, 0.15) is 34.7 Å². The maximum absolute atomic E-state index is 12.7. The summed E-state index contributed by atoms with van der Waals surface area (Å²) in [5.41, 5.74) is 4.75. The smallest absolute Gasteiger partial charge is 0.226 e. The summed E-state index contributed by atoms with van der Waals surface area (Å²) in [4.78, 5) is 28.6. The second-order valence-electron chi connectivity index (χ2n) is 8.46. The molecule has 1 aliphatic heterocycles. The van der Waals surface area contributed by atoms with E-state index in [-0.39, 0.29) is 11.8 Å². The fourth-order valence-electron chi connectivity index (χ4n) is 4.49. The molecule has 4 heterocycles. The Morgan fingerprint density at radius 3 is 2.75 bits per heavy atom. The highest BCUT2D eigenvalue weighted by atomic mass is 35.5. The van der Waals surface area contributed by atoms with Gasteiger partial charge in [-0.1, -0.05) is 41.4 Å². The largest absolute Gasteiger partial charge is 0.489 e. The third-order valence-corrected chi connectivity index (χ3v) is 6.78. The monoisotopic (exact) mass is 519 g/mol. The molecule has 5 aromatic rings. The number of carbonyl (C=O) groups excluding carboxylic acids is 1. The van der Waals surface area contributed by atoms with Crippen molar-refractivity contribution in [1.82, 2.24) is 29.7 Å². The van der Waals surface area contributed by atoms with E-state index in [2.05, 4.69) is 25.3 Å². The number of fused-ring (bicyclic) bond motifs is 2. The van der Waals surface area contributed by atoms with Gasteiger partial charge >= 0.3 is 0 Å². The molecule has 11 heteroatoms. The summed E-state index contributed by atoms with van der Waals surface area (Å²) in [6.07, 6.45) is 3.29. The lowest BCUT2D eigenvalue weighted by Crippen LogP contribution is -2.25. The van der Waals surface area contributed by atoms with Crippen molar-refractivity contribution in [3.63, 3.8) is 0 Å². The van der Waals surface area contributed by atoms with E-state index >= 15 is 0 Å². The Morgan fingerprint density at radius 1 is 1.11 bits per heavy atom. The second kappa shape index (κ2) is 8.92. The Bertz CT molecular complexity index is 1610. The van der Waals surface area contributed by atoms with Crippen LogP contribution < -0.4 is 10.1 Å². The zero-order valence-corrected chi connectivity index (χ0v) is 20.5. The van der Waals surface area contributed by atoms with Gasteiger partial charge in [-0.2, -0.15) is 9.78 Å². The molecule has 36 heavy (non-hydrogen) atoms. The minimum Gasteiger partial charge on any atom is -0.489 e. The minimum absolute atomic E-state index is 0.0960. The van der Waals surface area contributed by atoms with Gasteiger partial charge in [-0.3, -0.25) is 4.79 Å². The molecule has 2 aromatic carbocycles. The zero-order chi connectivity index (χ0) is 24.8. The number of benzene rings is 2. The minimum atomic E-state index is -0.165. The van der Waals surface area contributed by atoms with Crippen LogP contribution in [0.15, 0.2) is 55.1 Å². The molecule has 0 aliphatic carbocycles. The van der Waals surface area contributed by atoms with Gasteiger partial charge in [0, 0.05) is 33.5 Å². The number of ether oxygens (including phenoxy) is 1. The Balaban J connectivity index is 1.30. The van der Waals surface area contributed by atoms with Crippen LogP contribution in [0.25, 0.3) is 17.0 Å². The van der Waals surface area contributed by atoms with Gasteiger partial charge in [0.05, 0.1) is 12.0 Å². The van der Waals surface area contributed by atoms with Crippen LogP contribution in [0.3, 0.4) is 0 Å². The normalized spacial score (nSPS) is 15.1. The lowest BCUT2D eigenvalue weighted by Gasteiger charge is -2.24. The number of hydrogen-bond donors (Lipinski definition) is 2. The van der Waals surface area contributed by atoms with Crippen molar-refractivity contribution in [2.45, 2.75) is 25.9 Å². The first-order valence-corrected chi connectivity index (χ1v) is 11.9. The molecule has 0 saturated heterocycles. The van der Waals surface area contributed by atoms with E-state index in [1.807, 2.05) is 37.3 Å². The number of imidazole rings is 1. The molecule has 180 valence electrons. The van der Waals surface area contributed by atoms with Crippen molar-refractivity contribution in [3.05, 3.63) is 87.5 Å². The molecule has 9 nitrogen and oxygen atoms in total. The number of hydrogen-bond acceptors (Lipinski definition) is 6. The molecular formula is C25H19Cl2N7O2. The molecule has 0 bridgehead atoms. The van der Waals surface area contributed by atoms with Crippen molar-refractivity contribution >= 4 is 46.1 Å². The molecule has 0 fully saturated rings. The lowest BCUT2D eigenvalue weighted by molar-refractivity contribution is -0.116. The van der Waals surface area contributed by atoms with Crippen molar-refractivity contribution in [2.24, 2.45) is 0 Å². The zero-order valence-electron chi connectivity index (χ0n) is 19.0. The molecule has 1 atom stereocenters. The first-order chi connectivity index (χ1) is 17.5. The first-order valence-electron chi connectivity index (χ1n) is 11.2. The average Bonchev–Trinajstić information content (AvgIpc) is 3.48. The van der Waals surface area contributed by atoms with Crippen LogP contribution >= 0.6 is 23.2 Å². The van der Waals surface area contributed by atoms with Gasteiger partial charge in [0.2, 0.25) is 5.91 Å². The number of nitrogens with one attached hydrogen (secondary N) is 2. The molecule has 6 rings (SSSR count). The number of anilines is 1. The lowest BCUT2D eigenvalue weighted by atomic mass is 9.86. The van der Waals surface area contributed by atoms with Gasteiger partial charge in [0.1, 0.15) is 30.0 Å². The Hall–Kier alpha value is -3.95.